The average molecular weight is 110 g/mol. The first-order valence-corrected chi connectivity index (χ1v) is 1.19. The number of ether oxygens (including phenoxy) is 1. The van der Waals surface area contributed by atoms with Crippen LogP contribution in [-0.4, -0.2) is 12.4 Å². The molecule has 0 aromatic heterocycles. The minimum absolute atomic E-state index is 2.44. The number of carbonyl (C=O) groups is 2. The van der Waals surface area contributed by atoms with Crippen molar-refractivity contribution in [2.45, 2.75) is 0 Å². The second-order valence-corrected chi connectivity index (χ2v) is 0.577. The van der Waals surface area contributed by atoms with Crippen LogP contribution in [0.4, 0.5) is 18.4 Å². The van der Waals surface area contributed by atoms with Crippen molar-refractivity contribution < 1.29 is 23.1 Å². The molecule has 0 heterocycles. The number of carbonyl (C=O) groups excluding carboxylic acids is 2. The fourth-order valence-electron chi connectivity index (χ4n) is 0.0631. The predicted molar refractivity (Wildman–Crippen MR) is 14.1 cm³/mol. The van der Waals surface area contributed by atoms with E-state index in [1.807, 2.05) is 0 Å². The molecule has 0 radical (unpaired) electrons. The van der Waals surface area contributed by atoms with Gasteiger partial charge in [-0.15, -0.1) is 8.78 Å². The Bertz CT molecular complexity index is 87.1. The van der Waals surface area contributed by atoms with Crippen molar-refractivity contribution in [2.75, 3.05) is 0 Å². The molecule has 0 aromatic rings. The van der Waals surface area contributed by atoms with Crippen LogP contribution in [0.2, 0.25) is 0 Å². The quantitative estimate of drug-likeness (QED) is 0.347. The highest BCUT2D eigenvalue weighted by molar-refractivity contribution is 5.75. The van der Waals surface area contributed by atoms with Crippen molar-refractivity contribution >= 4 is 12.4 Å². The van der Waals surface area contributed by atoms with Gasteiger partial charge in [0, 0.05) is 0 Å². The lowest BCUT2D eigenvalue weighted by Crippen LogP contribution is -1.96. The molecule has 0 spiro atoms. The smallest absolute Gasteiger partial charge is 0.340 e. The number of hydrogen-bond acceptors (Lipinski definition) is 3. The summed E-state index contributed by atoms with van der Waals surface area (Å²) in [6.07, 6.45) is -4.87. The lowest BCUT2D eigenvalue weighted by atomic mass is 11.3. The predicted octanol–water partition coefficient (Wildman–Crippen LogP) is 1.18. The topological polar surface area (TPSA) is 43.4 Å². The molecule has 0 rings (SSSR count). The molecule has 7 heavy (non-hydrogen) atoms. The maximum absolute atomic E-state index is 10.6. The van der Waals surface area contributed by atoms with E-state index in [0.717, 1.165) is 0 Å². The molecular weight excluding hydrogens is 110 g/mol. The van der Waals surface area contributed by atoms with Gasteiger partial charge in [0.05, 0.1) is 0 Å². The zero-order chi connectivity index (χ0) is 5.86. The second kappa shape index (κ2) is 2.22. The maximum atomic E-state index is 10.6. The lowest BCUT2D eigenvalue weighted by Gasteiger charge is -1.79. The number of hydrogen-bond donors (Lipinski definition) is 0. The van der Waals surface area contributed by atoms with Crippen LogP contribution in [0.15, 0.2) is 0 Å². The maximum Gasteiger partial charge on any atom is 0.505 e. The molecule has 3 nitrogen and oxygen atoms in total. The molecule has 40 valence electrons. The molecule has 0 aliphatic rings. The molecule has 0 aliphatic heterocycles. The Balaban J connectivity index is 3.32. The van der Waals surface area contributed by atoms with Gasteiger partial charge in [-0.25, -0.2) is 9.59 Å². The molecule has 0 bridgehead atoms. The van der Waals surface area contributed by atoms with E-state index in [1.165, 1.54) is 0 Å². The summed E-state index contributed by atoms with van der Waals surface area (Å²) in [5.41, 5.74) is 0. The van der Waals surface area contributed by atoms with Crippen LogP contribution in [0, 0.1) is 0 Å². The minimum Gasteiger partial charge on any atom is -0.340 e. The van der Waals surface area contributed by atoms with E-state index >= 15 is 0 Å². The van der Waals surface area contributed by atoms with Gasteiger partial charge in [0.1, 0.15) is 0 Å². The summed E-state index contributed by atoms with van der Waals surface area (Å²) < 4.78 is 23.9. The van der Waals surface area contributed by atoms with E-state index in [4.69, 9.17) is 9.59 Å². The first-order valence-electron chi connectivity index (χ1n) is 1.19. The summed E-state index contributed by atoms with van der Waals surface area (Å²) in [7, 11) is 0. The first-order chi connectivity index (χ1) is 3.13. The van der Waals surface area contributed by atoms with Crippen molar-refractivity contribution in [1.82, 2.24) is 0 Å². The van der Waals surface area contributed by atoms with E-state index in [2.05, 4.69) is 4.74 Å². The fraction of sp³-hybridized carbons (Fsp3) is 0. The summed E-state index contributed by atoms with van der Waals surface area (Å²) in [6, 6.07) is 0. The largest absolute Gasteiger partial charge is 0.505 e. The minimum atomic E-state index is -2.44. The van der Waals surface area contributed by atoms with Gasteiger partial charge in [-0.3, -0.25) is 0 Å². The van der Waals surface area contributed by atoms with E-state index in [1.54, 1.807) is 0 Å². The second-order valence-electron chi connectivity index (χ2n) is 0.577. The molecule has 0 unspecified atom stereocenters. The Morgan fingerprint density at radius 1 is 1.14 bits per heavy atom. The van der Waals surface area contributed by atoms with Gasteiger partial charge in [0.15, 0.2) is 0 Å². The van der Waals surface area contributed by atoms with Crippen LogP contribution in [0.25, 0.3) is 0 Å². The highest BCUT2D eigenvalue weighted by Crippen LogP contribution is 1.84. The zero-order valence-corrected chi connectivity index (χ0v) is 2.98. The van der Waals surface area contributed by atoms with Gasteiger partial charge < -0.3 is 4.74 Å². The zero-order valence-electron chi connectivity index (χ0n) is 2.98. The molecule has 0 N–H and O–H groups in total. The lowest BCUT2D eigenvalue weighted by molar-refractivity contribution is 0.117. The highest BCUT2D eigenvalue weighted by Gasteiger charge is 2.04. The van der Waals surface area contributed by atoms with Gasteiger partial charge in [-0.1, -0.05) is 0 Å². The van der Waals surface area contributed by atoms with Gasteiger partial charge in [-0.2, -0.15) is 0 Å². The van der Waals surface area contributed by atoms with E-state index in [9.17, 15) is 8.78 Å². The molecule has 0 aromatic carbocycles. The van der Waals surface area contributed by atoms with Gasteiger partial charge in [0.25, 0.3) is 0 Å². The molecular formula is C2F2O3. The molecule has 0 saturated heterocycles. The molecule has 0 aliphatic carbocycles. The molecule has 5 heteroatoms. The highest BCUT2D eigenvalue weighted by atomic mass is 19.2. The van der Waals surface area contributed by atoms with E-state index in [-0.39, 0.29) is 0 Å². The molecule has 0 fully saturated rings. The Morgan fingerprint density at radius 3 is 1.43 bits per heavy atom. The first kappa shape index (κ1) is 6.00. The van der Waals surface area contributed by atoms with Crippen LogP contribution in [0.3, 0.4) is 0 Å². The normalized spacial score (nSPS) is 7.71. The van der Waals surface area contributed by atoms with Crippen LogP contribution in [0.1, 0.15) is 0 Å². The Kier molecular flexibility index (Phi) is 1.90. The van der Waals surface area contributed by atoms with Gasteiger partial charge in [-0.05, 0) is 0 Å². The summed E-state index contributed by atoms with van der Waals surface area (Å²) in [6.45, 7) is 0. The van der Waals surface area contributed by atoms with E-state index < -0.39 is 12.4 Å². The van der Waals surface area contributed by atoms with Crippen molar-refractivity contribution in [1.29, 1.82) is 0 Å². The third kappa shape index (κ3) is 5.00. The fourth-order valence-corrected chi connectivity index (χ4v) is 0.0631. The Hall–Kier alpha value is -1.00. The van der Waals surface area contributed by atoms with Crippen LogP contribution in [-0.2, 0) is 4.74 Å². The molecule has 0 atom stereocenters. The summed E-state index contributed by atoms with van der Waals surface area (Å²) >= 11 is 0. The van der Waals surface area contributed by atoms with Crippen molar-refractivity contribution in [3.63, 3.8) is 0 Å². The Labute approximate surface area is 36.9 Å². The molecule has 0 amide bonds. The standard InChI is InChI=1S/C2F2O3/c3-1(5)7-2(4)6. The number of halogens is 2. The third-order valence-electron chi connectivity index (χ3n) is 0.160. The van der Waals surface area contributed by atoms with Crippen molar-refractivity contribution in [3.8, 4) is 0 Å². The average Bonchev–Trinajstić information content (AvgIpc) is 1.27. The van der Waals surface area contributed by atoms with Crippen LogP contribution in [0.5, 0.6) is 0 Å². The Morgan fingerprint density at radius 2 is 1.43 bits per heavy atom. The third-order valence-corrected chi connectivity index (χ3v) is 0.160. The van der Waals surface area contributed by atoms with Crippen molar-refractivity contribution in [2.24, 2.45) is 0 Å². The van der Waals surface area contributed by atoms with Crippen LogP contribution >= 0.6 is 0 Å². The van der Waals surface area contributed by atoms with Crippen LogP contribution < -0.4 is 0 Å². The van der Waals surface area contributed by atoms with E-state index in [0.29, 0.717) is 0 Å². The monoisotopic (exact) mass is 110 g/mol. The summed E-state index contributed by atoms with van der Waals surface area (Å²) in [5, 5.41) is 0. The van der Waals surface area contributed by atoms with Gasteiger partial charge >= 0.3 is 12.4 Å². The van der Waals surface area contributed by atoms with Crippen molar-refractivity contribution in [3.05, 3.63) is 0 Å². The summed E-state index contributed by atoms with van der Waals surface area (Å²) in [4.78, 5) is 17.8. The SMILES string of the molecule is O=C(F)OC(=O)F. The number of rotatable bonds is 0. The van der Waals surface area contributed by atoms with Gasteiger partial charge in [0.2, 0.25) is 0 Å². The molecule has 0 saturated carbocycles. The summed E-state index contributed by atoms with van der Waals surface area (Å²) in [5.74, 6) is 0.